The molecule has 4 aromatic heterocycles. The van der Waals surface area contributed by atoms with Crippen LogP contribution in [0.5, 0.6) is 0 Å². The largest absolute Gasteiger partial charge is 0.389 e. The summed E-state index contributed by atoms with van der Waals surface area (Å²) < 4.78 is 32.1. The standard InChI is InChI=1S/C27H28F2N6O2.C21H24BrN5O2/c1-15-11-16(7-10-18(15)26(36)32-17-8-9-17)22-13-30-25-21(31-14-27(2,3)37)12-23(34-35(22)25)33-20-6-4-5-19(28)24(20)29;1-12-8-13(4-7-15(12)20(28)25-14-5-6-14)17-10-23-19-16(24-11-21(2,3)29)9-18(22)26-27(17)19/h4-7,10-13,17,31,37H,8-9,14H2,1-3H3,(H,32,36)(H,33,34);4,7-10,14,24,29H,5-6,11H2,1-3H3,(H,25,28). The van der Waals surface area contributed by atoms with E-state index in [0.29, 0.717) is 51.0 Å². The molecule has 2 saturated carbocycles. The van der Waals surface area contributed by atoms with E-state index in [1.165, 1.54) is 12.1 Å². The fourth-order valence-corrected chi connectivity index (χ4v) is 7.51. The summed E-state index contributed by atoms with van der Waals surface area (Å²) in [4.78, 5) is 34.0. The number of benzene rings is 3. The van der Waals surface area contributed by atoms with Crippen LogP contribution in [0.1, 0.15) is 85.2 Å². The summed E-state index contributed by atoms with van der Waals surface area (Å²) in [6.07, 6.45) is 7.57. The molecular formula is C48H52BrF2N11O4. The van der Waals surface area contributed by atoms with E-state index in [9.17, 15) is 28.6 Å². The molecule has 344 valence electrons. The summed E-state index contributed by atoms with van der Waals surface area (Å²) in [6.45, 7) is 11.2. The second kappa shape index (κ2) is 18.4. The normalized spacial score (nSPS) is 13.9. The number of nitrogens with zero attached hydrogens (tertiary/aromatic N) is 6. The first kappa shape index (κ1) is 46.0. The van der Waals surface area contributed by atoms with Gasteiger partial charge in [0.15, 0.2) is 28.7 Å². The van der Waals surface area contributed by atoms with Crippen molar-refractivity contribution in [2.24, 2.45) is 0 Å². The number of hydrogen-bond acceptors (Lipinski definition) is 11. The lowest BCUT2D eigenvalue weighted by Crippen LogP contribution is -2.29. The van der Waals surface area contributed by atoms with Gasteiger partial charge in [0.2, 0.25) is 0 Å². The molecular weight excluding hydrogens is 913 g/mol. The number of amides is 2. The van der Waals surface area contributed by atoms with Crippen molar-refractivity contribution >= 4 is 61.9 Å². The third kappa shape index (κ3) is 10.9. The Balaban J connectivity index is 0.000000185. The van der Waals surface area contributed by atoms with Gasteiger partial charge in [-0.1, -0.05) is 18.2 Å². The van der Waals surface area contributed by atoms with Crippen molar-refractivity contribution in [3.05, 3.63) is 118 Å². The minimum absolute atomic E-state index is 0.0198. The Morgan fingerprint density at radius 1 is 0.697 bits per heavy atom. The molecule has 2 aliphatic carbocycles. The Morgan fingerprint density at radius 3 is 1.65 bits per heavy atom. The minimum Gasteiger partial charge on any atom is -0.389 e. The highest BCUT2D eigenvalue weighted by Crippen LogP contribution is 2.31. The highest BCUT2D eigenvalue weighted by Gasteiger charge is 2.26. The topological polar surface area (TPSA) is 195 Å². The van der Waals surface area contributed by atoms with Crippen LogP contribution in [0.25, 0.3) is 33.8 Å². The molecule has 9 rings (SSSR count). The van der Waals surface area contributed by atoms with Crippen LogP contribution >= 0.6 is 15.9 Å². The molecule has 0 bridgehead atoms. The molecule has 2 aliphatic rings. The zero-order valence-electron chi connectivity index (χ0n) is 37.4. The molecule has 0 aliphatic heterocycles. The Kier molecular flexibility index (Phi) is 12.8. The number of anilines is 4. The predicted molar refractivity (Wildman–Crippen MR) is 254 cm³/mol. The van der Waals surface area contributed by atoms with Crippen molar-refractivity contribution in [3.8, 4) is 22.5 Å². The molecule has 2 amide bonds. The molecule has 0 saturated heterocycles. The summed E-state index contributed by atoms with van der Waals surface area (Å²) in [5, 5.41) is 44.6. The van der Waals surface area contributed by atoms with Gasteiger partial charge in [-0.25, -0.2) is 27.8 Å². The second-order valence-electron chi connectivity index (χ2n) is 18.2. The smallest absolute Gasteiger partial charge is 0.251 e. The second-order valence-corrected chi connectivity index (χ2v) is 19.0. The van der Waals surface area contributed by atoms with Crippen LogP contribution < -0.4 is 26.6 Å². The van der Waals surface area contributed by atoms with E-state index in [2.05, 4.69) is 62.7 Å². The van der Waals surface area contributed by atoms with Crippen LogP contribution in [0.15, 0.2) is 83.7 Å². The highest BCUT2D eigenvalue weighted by molar-refractivity contribution is 9.10. The number of carbonyl (C=O) groups excluding carboxylic acids is 2. The number of imidazole rings is 2. The number of fused-ring (bicyclic) bond motifs is 2. The van der Waals surface area contributed by atoms with E-state index >= 15 is 0 Å². The van der Waals surface area contributed by atoms with Gasteiger partial charge in [-0.05, 0) is 137 Å². The van der Waals surface area contributed by atoms with Crippen molar-refractivity contribution in [2.45, 2.75) is 90.5 Å². The Bertz CT molecular complexity index is 2970. The SMILES string of the molecule is Cc1cc(-c2cnc3c(NCC(C)(C)O)cc(Br)nn23)ccc1C(=O)NC1CC1.Cc1cc(-c2cnc3c(NCC(C)(C)O)cc(Nc4cccc(F)c4F)nn23)ccc1C(=O)NC1CC1. The minimum atomic E-state index is -1.02. The number of carbonyl (C=O) groups is 2. The first-order valence-corrected chi connectivity index (χ1v) is 22.5. The first-order chi connectivity index (χ1) is 31.3. The fourth-order valence-electron chi connectivity index (χ4n) is 7.12. The summed E-state index contributed by atoms with van der Waals surface area (Å²) in [5.41, 5.74) is 6.73. The number of hydrogen-bond donors (Lipinski definition) is 7. The molecule has 0 unspecified atom stereocenters. The van der Waals surface area contributed by atoms with E-state index in [4.69, 9.17) is 0 Å². The van der Waals surface area contributed by atoms with Gasteiger partial charge in [-0.3, -0.25) is 9.59 Å². The van der Waals surface area contributed by atoms with Crippen molar-refractivity contribution in [2.75, 3.05) is 29.0 Å². The molecule has 4 heterocycles. The van der Waals surface area contributed by atoms with Crippen LogP contribution in [0.3, 0.4) is 0 Å². The van der Waals surface area contributed by atoms with Crippen molar-refractivity contribution in [1.29, 1.82) is 0 Å². The maximum absolute atomic E-state index is 14.4. The highest BCUT2D eigenvalue weighted by atomic mass is 79.9. The van der Waals surface area contributed by atoms with Crippen LogP contribution in [0.2, 0.25) is 0 Å². The van der Waals surface area contributed by atoms with Crippen molar-refractivity contribution in [1.82, 2.24) is 39.8 Å². The molecule has 3 aromatic carbocycles. The lowest BCUT2D eigenvalue weighted by molar-refractivity contribution is 0.0939. The molecule has 7 aromatic rings. The quantitative estimate of drug-likeness (QED) is 0.0554. The first-order valence-electron chi connectivity index (χ1n) is 21.7. The van der Waals surface area contributed by atoms with E-state index in [0.717, 1.165) is 65.4 Å². The van der Waals surface area contributed by atoms with Crippen LogP contribution in [0.4, 0.5) is 31.7 Å². The number of rotatable bonds is 14. The molecule has 0 radical (unpaired) electrons. The third-order valence-electron chi connectivity index (χ3n) is 10.9. The van der Waals surface area contributed by atoms with Crippen LogP contribution in [0, 0.1) is 25.5 Å². The van der Waals surface area contributed by atoms with Crippen LogP contribution in [-0.2, 0) is 0 Å². The van der Waals surface area contributed by atoms with E-state index in [-0.39, 0.29) is 35.9 Å². The number of nitrogens with one attached hydrogen (secondary N) is 5. The zero-order valence-corrected chi connectivity index (χ0v) is 39.0. The summed E-state index contributed by atoms with van der Waals surface area (Å²) in [5.74, 6) is -1.86. The maximum atomic E-state index is 14.4. The zero-order chi connectivity index (χ0) is 47.1. The molecule has 15 nitrogen and oxygen atoms in total. The van der Waals surface area contributed by atoms with Gasteiger partial charge >= 0.3 is 0 Å². The predicted octanol–water partition coefficient (Wildman–Crippen LogP) is 8.34. The van der Waals surface area contributed by atoms with E-state index in [1.54, 1.807) is 61.3 Å². The number of aromatic nitrogens is 6. The van der Waals surface area contributed by atoms with Gasteiger partial charge in [-0.15, -0.1) is 5.10 Å². The van der Waals surface area contributed by atoms with Gasteiger partial charge in [0.25, 0.3) is 11.8 Å². The number of aliphatic hydroxyl groups is 2. The summed E-state index contributed by atoms with van der Waals surface area (Å²) in [7, 11) is 0. The molecule has 66 heavy (non-hydrogen) atoms. The average Bonchev–Trinajstić information content (AvgIpc) is 4.17. The fraction of sp³-hybridized carbons (Fsp3) is 0.333. The van der Waals surface area contributed by atoms with Crippen molar-refractivity contribution in [3.63, 3.8) is 0 Å². The summed E-state index contributed by atoms with van der Waals surface area (Å²) >= 11 is 3.45. The van der Waals surface area contributed by atoms with Crippen molar-refractivity contribution < 1.29 is 28.6 Å². The lowest BCUT2D eigenvalue weighted by Gasteiger charge is -2.19. The average molecular weight is 965 g/mol. The van der Waals surface area contributed by atoms with E-state index < -0.39 is 22.8 Å². The summed E-state index contributed by atoms with van der Waals surface area (Å²) in [6, 6.07) is 19.2. The molecule has 7 N–H and O–H groups in total. The molecule has 2 fully saturated rings. The number of halogens is 3. The molecule has 0 spiro atoms. The number of aryl methyl sites for hydroxylation is 2. The monoisotopic (exact) mass is 963 g/mol. The van der Waals surface area contributed by atoms with Gasteiger partial charge in [0.1, 0.15) is 4.60 Å². The Hall–Kier alpha value is -6.50. The molecule has 0 atom stereocenters. The maximum Gasteiger partial charge on any atom is 0.251 e. The van der Waals surface area contributed by atoms with Crippen LogP contribution in [-0.4, -0.2) is 87.6 Å². The van der Waals surface area contributed by atoms with Gasteiger partial charge < -0.3 is 36.8 Å². The van der Waals surface area contributed by atoms with E-state index in [1.807, 2.05) is 50.2 Å². The molecule has 18 heteroatoms. The Labute approximate surface area is 388 Å². The van der Waals surface area contributed by atoms with Gasteiger partial charge in [0.05, 0.1) is 52.0 Å². The Morgan fingerprint density at radius 2 is 1.18 bits per heavy atom. The van der Waals surface area contributed by atoms with Gasteiger partial charge in [-0.2, -0.15) is 5.10 Å². The van der Waals surface area contributed by atoms with Gasteiger partial charge in [0, 0.05) is 53.5 Å². The lowest BCUT2D eigenvalue weighted by atomic mass is 10.0. The third-order valence-corrected chi connectivity index (χ3v) is 11.3.